The van der Waals surface area contributed by atoms with Gasteiger partial charge in [-0.1, -0.05) is 43.5 Å². The molecule has 0 radical (unpaired) electrons. The molecule has 31 heavy (non-hydrogen) atoms. The van der Waals surface area contributed by atoms with Gasteiger partial charge in [-0.25, -0.2) is 4.98 Å². The summed E-state index contributed by atoms with van der Waals surface area (Å²) in [6.45, 7) is 2.82. The van der Waals surface area contributed by atoms with Gasteiger partial charge in [0.15, 0.2) is 0 Å². The Bertz CT molecular complexity index is 979. The molecular formula is C23H28ClN3O4. The molecular weight excluding hydrogens is 418 g/mol. The first-order valence-electron chi connectivity index (χ1n) is 10.8. The molecule has 3 rings (SSSR count). The summed E-state index contributed by atoms with van der Waals surface area (Å²) in [5, 5.41) is 9.75. The number of rotatable bonds is 8. The SMILES string of the molecule is CCCCCc1nc(-c2ccc(Cl)cc2)cc(=O)n1CC(=O)N1CCC(C(=O)O)CC1. The van der Waals surface area contributed by atoms with E-state index in [1.54, 1.807) is 17.0 Å². The Labute approximate surface area is 186 Å². The first-order chi connectivity index (χ1) is 14.9. The standard InChI is InChI=1S/C23H28ClN3O4/c1-2-3-4-5-20-25-19(16-6-8-18(24)9-7-16)14-21(28)27(20)15-22(29)26-12-10-17(11-13-26)23(30)31/h6-9,14,17H,2-5,10-13,15H2,1H3,(H,30,31). The molecule has 8 heteroatoms. The number of hydrogen-bond acceptors (Lipinski definition) is 4. The molecule has 2 heterocycles. The van der Waals surface area contributed by atoms with Crippen LogP contribution in [-0.4, -0.2) is 44.5 Å². The minimum atomic E-state index is -0.816. The summed E-state index contributed by atoms with van der Waals surface area (Å²) in [4.78, 5) is 43.3. The molecule has 7 nitrogen and oxygen atoms in total. The Morgan fingerprint density at radius 3 is 2.45 bits per heavy atom. The van der Waals surface area contributed by atoms with Gasteiger partial charge >= 0.3 is 5.97 Å². The number of hydrogen-bond donors (Lipinski definition) is 1. The largest absolute Gasteiger partial charge is 0.481 e. The predicted molar refractivity (Wildman–Crippen MR) is 119 cm³/mol. The molecule has 0 atom stereocenters. The maximum atomic E-state index is 12.9. The van der Waals surface area contributed by atoms with Crippen molar-refractivity contribution < 1.29 is 14.7 Å². The number of piperidine rings is 1. The van der Waals surface area contributed by atoms with Crippen molar-refractivity contribution in [3.63, 3.8) is 0 Å². The molecule has 1 fully saturated rings. The third kappa shape index (κ3) is 5.94. The summed E-state index contributed by atoms with van der Waals surface area (Å²) < 4.78 is 1.46. The molecule has 2 aromatic rings. The zero-order valence-corrected chi connectivity index (χ0v) is 18.5. The molecule has 1 aliphatic rings. The van der Waals surface area contributed by atoms with Gasteiger partial charge in [0.1, 0.15) is 12.4 Å². The van der Waals surface area contributed by atoms with Crippen LogP contribution in [0.4, 0.5) is 0 Å². The highest BCUT2D eigenvalue weighted by molar-refractivity contribution is 6.30. The van der Waals surface area contributed by atoms with Crippen LogP contribution in [0, 0.1) is 5.92 Å². The molecule has 0 spiro atoms. The van der Waals surface area contributed by atoms with Crippen molar-refractivity contribution in [1.29, 1.82) is 0 Å². The molecule has 0 saturated carbocycles. The van der Waals surface area contributed by atoms with Crippen LogP contribution in [0.5, 0.6) is 0 Å². The Hall–Kier alpha value is -2.67. The maximum Gasteiger partial charge on any atom is 0.306 e. The fourth-order valence-electron chi connectivity index (χ4n) is 3.83. The molecule has 1 aromatic heterocycles. The first-order valence-corrected chi connectivity index (χ1v) is 11.1. The third-order valence-electron chi connectivity index (χ3n) is 5.72. The zero-order valence-electron chi connectivity index (χ0n) is 17.7. The number of amides is 1. The lowest BCUT2D eigenvalue weighted by Crippen LogP contribution is -2.43. The first kappa shape index (κ1) is 23.0. The van der Waals surface area contributed by atoms with Crippen LogP contribution in [0.1, 0.15) is 44.9 Å². The van der Waals surface area contributed by atoms with Crippen molar-refractivity contribution in [2.45, 2.75) is 52.0 Å². The van der Waals surface area contributed by atoms with Gasteiger partial charge in [0, 0.05) is 36.2 Å². The van der Waals surface area contributed by atoms with E-state index in [1.165, 1.54) is 10.6 Å². The number of benzene rings is 1. The van der Waals surface area contributed by atoms with Crippen molar-refractivity contribution in [3.8, 4) is 11.3 Å². The lowest BCUT2D eigenvalue weighted by atomic mass is 9.97. The second-order valence-corrected chi connectivity index (χ2v) is 8.38. The Balaban J connectivity index is 1.82. The van der Waals surface area contributed by atoms with Crippen LogP contribution in [0.25, 0.3) is 11.3 Å². The lowest BCUT2D eigenvalue weighted by molar-refractivity contribution is -0.145. The number of aromatic nitrogens is 2. The van der Waals surface area contributed by atoms with Gasteiger partial charge in [-0.3, -0.25) is 19.0 Å². The average Bonchev–Trinajstić information content (AvgIpc) is 2.76. The van der Waals surface area contributed by atoms with E-state index in [-0.39, 0.29) is 18.0 Å². The molecule has 166 valence electrons. The highest BCUT2D eigenvalue weighted by Crippen LogP contribution is 2.20. The normalized spacial score (nSPS) is 14.6. The Morgan fingerprint density at radius 2 is 1.84 bits per heavy atom. The van der Waals surface area contributed by atoms with E-state index in [1.807, 2.05) is 12.1 Å². The number of carbonyl (C=O) groups excluding carboxylic acids is 1. The molecule has 0 aliphatic carbocycles. The number of unbranched alkanes of at least 4 members (excludes halogenated alkanes) is 2. The van der Waals surface area contributed by atoms with E-state index < -0.39 is 11.9 Å². The van der Waals surface area contributed by atoms with Crippen LogP contribution in [0.3, 0.4) is 0 Å². The van der Waals surface area contributed by atoms with Gasteiger partial charge in [-0.2, -0.15) is 0 Å². The molecule has 1 saturated heterocycles. The molecule has 0 unspecified atom stereocenters. The highest BCUT2D eigenvalue weighted by atomic mass is 35.5. The smallest absolute Gasteiger partial charge is 0.306 e. The summed E-state index contributed by atoms with van der Waals surface area (Å²) in [7, 11) is 0. The second-order valence-electron chi connectivity index (χ2n) is 7.94. The van der Waals surface area contributed by atoms with Gasteiger partial charge < -0.3 is 10.0 Å². The Morgan fingerprint density at radius 1 is 1.16 bits per heavy atom. The van der Waals surface area contributed by atoms with E-state index in [9.17, 15) is 14.4 Å². The molecule has 1 aliphatic heterocycles. The van der Waals surface area contributed by atoms with E-state index in [4.69, 9.17) is 21.7 Å². The van der Waals surface area contributed by atoms with Gasteiger partial charge in [-0.05, 0) is 31.4 Å². The average molecular weight is 446 g/mol. The van der Waals surface area contributed by atoms with Crippen LogP contribution in [-0.2, 0) is 22.6 Å². The molecule has 0 bridgehead atoms. The van der Waals surface area contributed by atoms with Crippen molar-refractivity contribution in [2.75, 3.05) is 13.1 Å². The summed E-state index contributed by atoms with van der Waals surface area (Å²) >= 11 is 5.97. The number of carbonyl (C=O) groups is 2. The molecule has 1 aromatic carbocycles. The van der Waals surface area contributed by atoms with Crippen molar-refractivity contribution >= 4 is 23.5 Å². The van der Waals surface area contributed by atoms with Gasteiger partial charge in [0.05, 0.1) is 11.6 Å². The topological polar surface area (TPSA) is 92.5 Å². The van der Waals surface area contributed by atoms with Gasteiger partial charge in [-0.15, -0.1) is 0 Å². The predicted octanol–water partition coefficient (Wildman–Crippen LogP) is 3.62. The number of nitrogens with zero attached hydrogens (tertiary/aromatic N) is 3. The second kappa shape index (κ2) is 10.6. The molecule has 1 N–H and O–H groups in total. The van der Waals surface area contributed by atoms with Gasteiger partial charge in [0.25, 0.3) is 5.56 Å². The minimum absolute atomic E-state index is 0.0775. The Kier molecular flexibility index (Phi) is 7.85. The quantitative estimate of drug-likeness (QED) is 0.626. The fourth-order valence-corrected chi connectivity index (χ4v) is 3.95. The van der Waals surface area contributed by atoms with Crippen LogP contribution in [0.2, 0.25) is 5.02 Å². The lowest BCUT2D eigenvalue weighted by Gasteiger charge is -2.30. The van der Waals surface area contributed by atoms with Crippen LogP contribution in [0.15, 0.2) is 35.1 Å². The van der Waals surface area contributed by atoms with Crippen molar-refractivity contribution in [3.05, 3.63) is 51.5 Å². The number of aliphatic carboxylic acids is 1. The number of aryl methyl sites for hydroxylation is 1. The maximum absolute atomic E-state index is 12.9. The van der Waals surface area contributed by atoms with Crippen LogP contribution < -0.4 is 5.56 Å². The number of carboxylic acid groups (broad SMARTS) is 1. The third-order valence-corrected chi connectivity index (χ3v) is 5.97. The monoisotopic (exact) mass is 445 g/mol. The van der Waals surface area contributed by atoms with Crippen molar-refractivity contribution in [2.24, 2.45) is 5.92 Å². The number of likely N-dealkylation sites (tertiary alicyclic amines) is 1. The van der Waals surface area contributed by atoms with Gasteiger partial charge in [0.2, 0.25) is 5.91 Å². The fraction of sp³-hybridized carbons (Fsp3) is 0.478. The minimum Gasteiger partial charge on any atom is -0.481 e. The van der Waals surface area contributed by atoms with E-state index in [0.717, 1.165) is 24.8 Å². The summed E-state index contributed by atoms with van der Waals surface area (Å²) in [6, 6.07) is 8.61. The highest BCUT2D eigenvalue weighted by Gasteiger charge is 2.27. The summed E-state index contributed by atoms with van der Waals surface area (Å²) in [6.07, 6.45) is 4.42. The van der Waals surface area contributed by atoms with E-state index >= 15 is 0 Å². The summed E-state index contributed by atoms with van der Waals surface area (Å²) in [5.74, 6) is -0.802. The summed E-state index contributed by atoms with van der Waals surface area (Å²) in [5.41, 5.74) is 1.10. The molecule has 1 amide bonds. The van der Waals surface area contributed by atoms with E-state index in [0.29, 0.717) is 48.9 Å². The van der Waals surface area contributed by atoms with Crippen molar-refractivity contribution in [1.82, 2.24) is 14.5 Å². The zero-order chi connectivity index (χ0) is 22.4. The number of carboxylic acids is 1. The van der Waals surface area contributed by atoms with Crippen LogP contribution >= 0.6 is 11.6 Å². The number of halogens is 1. The van der Waals surface area contributed by atoms with E-state index in [2.05, 4.69) is 6.92 Å².